The van der Waals surface area contributed by atoms with E-state index in [9.17, 15) is 13.2 Å². The van der Waals surface area contributed by atoms with Crippen molar-refractivity contribution in [2.45, 2.75) is 57.9 Å². The van der Waals surface area contributed by atoms with E-state index in [1.165, 1.54) is 31.9 Å². The van der Waals surface area contributed by atoms with Crippen LogP contribution >= 0.6 is 0 Å². The van der Waals surface area contributed by atoms with Gasteiger partial charge in [-0.05, 0) is 25.2 Å². The van der Waals surface area contributed by atoms with Crippen LogP contribution in [0, 0.1) is 11.8 Å². The fourth-order valence-corrected chi connectivity index (χ4v) is 4.38. The molecule has 2 fully saturated rings. The van der Waals surface area contributed by atoms with E-state index in [1.54, 1.807) is 0 Å². The monoisotopic (exact) mass is 344 g/mol. The van der Waals surface area contributed by atoms with Crippen molar-refractivity contribution >= 4 is 15.7 Å². The minimum atomic E-state index is -2.89. The molecule has 0 aromatic rings. The van der Waals surface area contributed by atoms with Crippen molar-refractivity contribution in [3.8, 4) is 0 Å². The summed E-state index contributed by atoms with van der Waals surface area (Å²) in [5.74, 6) is 1.28. The third kappa shape index (κ3) is 6.79. The molecule has 0 aromatic heterocycles. The molecule has 1 atom stereocenters. The van der Waals surface area contributed by atoms with Gasteiger partial charge in [-0.3, -0.25) is 4.79 Å². The summed E-state index contributed by atoms with van der Waals surface area (Å²) in [6.45, 7) is 4.40. The van der Waals surface area contributed by atoms with Crippen LogP contribution < -0.4 is 5.32 Å². The lowest BCUT2D eigenvalue weighted by atomic mass is 9.93. The highest BCUT2D eigenvalue weighted by Crippen LogP contribution is 2.30. The van der Waals surface area contributed by atoms with E-state index in [0.717, 1.165) is 38.3 Å². The average Bonchev–Trinajstić information content (AvgIpc) is 2.98. The standard InChI is InChI=1S/C17H32N2O3S/c1-14(13-15-5-3-4-6-15)17(20)18-16-7-9-19(10-8-16)11-12-23(2,21)22/h14-16H,3-13H2,1-2H3,(H,18,20). The Morgan fingerprint density at radius 3 is 2.35 bits per heavy atom. The van der Waals surface area contributed by atoms with Crippen molar-refractivity contribution in [2.24, 2.45) is 11.8 Å². The molecule has 1 saturated carbocycles. The number of sulfone groups is 1. The Morgan fingerprint density at radius 2 is 1.78 bits per heavy atom. The Balaban J connectivity index is 1.65. The van der Waals surface area contributed by atoms with Gasteiger partial charge in [-0.1, -0.05) is 32.6 Å². The first-order valence-electron chi connectivity index (χ1n) is 9.04. The number of hydrogen-bond acceptors (Lipinski definition) is 4. The molecule has 0 radical (unpaired) electrons. The number of nitrogens with zero attached hydrogens (tertiary/aromatic N) is 1. The number of carbonyl (C=O) groups is 1. The Morgan fingerprint density at radius 1 is 1.17 bits per heavy atom. The van der Waals surface area contributed by atoms with Crippen LogP contribution in [0.3, 0.4) is 0 Å². The molecule has 0 spiro atoms. The highest BCUT2D eigenvalue weighted by atomic mass is 32.2. The van der Waals surface area contributed by atoms with Gasteiger partial charge in [0.15, 0.2) is 0 Å². The van der Waals surface area contributed by atoms with Gasteiger partial charge >= 0.3 is 0 Å². The molecule has 1 unspecified atom stereocenters. The van der Waals surface area contributed by atoms with Gasteiger partial charge in [0.1, 0.15) is 9.84 Å². The highest BCUT2D eigenvalue weighted by Gasteiger charge is 2.25. The van der Waals surface area contributed by atoms with Crippen molar-refractivity contribution in [1.29, 1.82) is 0 Å². The molecule has 23 heavy (non-hydrogen) atoms. The van der Waals surface area contributed by atoms with E-state index >= 15 is 0 Å². The minimum absolute atomic E-state index is 0.112. The summed E-state index contributed by atoms with van der Waals surface area (Å²) in [4.78, 5) is 14.5. The number of carbonyl (C=O) groups excluding carboxylic acids is 1. The quantitative estimate of drug-likeness (QED) is 0.765. The van der Waals surface area contributed by atoms with Crippen LogP contribution in [0.5, 0.6) is 0 Å². The molecule has 1 aliphatic heterocycles. The lowest BCUT2D eigenvalue weighted by molar-refractivity contribution is -0.126. The first kappa shape index (κ1) is 18.7. The summed E-state index contributed by atoms with van der Waals surface area (Å²) in [6.07, 6.45) is 9.38. The zero-order chi connectivity index (χ0) is 16.9. The summed E-state index contributed by atoms with van der Waals surface area (Å²) in [5.41, 5.74) is 0. The predicted molar refractivity (Wildman–Crippen MR) is 93.1 cm³/mol. The summed E-state index contributed by atoms with van der Waals surface area (Å²) < 4.78 is 22.4. The van der Waals surface area contributed by atoms with Crippen LogP contribution in [0.4, 0.5) is 0 Å². The SMILES string of the molecule is CC(CC1CCCC1)C(=O)NC1CCN(CCS(C)(=O)=O)CC1. The zero-order valence-corrected chi connectivity index (χ0v) is 15.4. The smallest absolute Gasteiger partial charge is 0.223 e. The van der Waals surface area contributed by atoms with Crippen molar-refractivity contribution in [2.75, 3.05) is 31.6 Å². The first-order valence-corrected chi connectivity index (χ1v) is 11.1. The third-order valence-electron chi connectivity index (χ3n) is 5.32. The van der Waals surface area contributed by atoms with Gasteiger partial charge in [-0.2, -0.15) is 0 Å². The van der Waals surface area contributed by atoms with Crippen LogP contribution in [0.2, 0.25) is 0 Å². The Kier molecular flexibility index (Phi) is 6.89. The van der Waals surface area contributed by atoms with Crippen molar-refractivity contribution in [1.82, 2.24) is 10.2 Å². The second-order valence-electron chi connectivity index (χ2n) is 7.54. The van der Waals surface area contributed by atoms with Crippen LogP contribution in [0.15, 0.2) is 0 Å². The van der Waals surface area contributed by atoms with Crippen molar-refractivity contribution < 1.29 is 13.2 Å². The molecule has 6 heteroatoms. The number of amides is 1. The van der Waals surface area contributed by atoms with Crippen LogP contribution in [-0.2, 0) is 14.6 Å². The molecule has 1 N–H and O–H groups in total. The Bertz CT molecular complexity index is 478. The van der Waals surface area contributed by atoms with Crippen molar-refractivity contribution in [3.05, 3.63) is 0 Å². The van der Waals surface area contributed by atoms with E-state index in [2.05, 4.69) is 17.1 Å². The second kappa shape index (κ2) is 8.47. The topological polar surface area (TPSA) is 66.5 Å². The maximum absolute atomic E-state index is 12.3. The fourth-order valence-electron chi connectivity index (χ4n) is 3.79. The number of piperidine rings is 1. The van der Waals surface area contributed by atoms with Gasteiger partial charge in [0, 0.05) is 37.8 Å². The largest absolute Gasteiger partial charge is 0.353 e. The van der Waals surface area contributed by atoms with Crippen LogP contribution in [-0.4, -0.2) is 56.9 Å². The predicted octanol–water partition coefficient (Wildman–Crippen LogP) is 1.83. The van der Waals surface area contributed by atoms with Crippen LogP contribution in [0.25, 0.3) is 0 Å². The third-order valence-corrected chi connectivity index (χ3v) is 6.25. The van der Waals surface area contributed by atoms with E-state index < -0.39 is 9.84 Å². The summed E-state index contributed by atoms with van der Waals surface area (Å²) >= 11 is 0. The molecule has 0 aromatic carbocycles. The molecule has 2 aliphatic rings. The lowest BCUT2D eigenvalue weighted by Crippen LogP contribution is -2.47. The molecule has 2 rings (SSSR count). The van der Waals surface area contributed by atoms with Gasteiger partial charge in [0.05, 0.1) is 5.75 Å². The summed E-state index contributed by atoms with van der Waals surface area (Å²) in [5, 5.41) is 3.20. The maximum Gasteiger partial charge on any atom is 0.223 e. The average molecular weight is 345 g/mol. The van der Waals surface area contributed by atoms with E-state index in [0.29, 0.717) is 6.54 Å². The number of hydrogen-bond donors (Lipinski definition) is 1. The molecule has 5 nitrogen and oxygen atoms in total. The molecule has 1 aliphatic carbocycles. The van der Waals surface area contributed by atoms with Crippen molar-refractivity contribution in [3.63, 3.8) is 0 Å². The number of rotatable bonds is 7. The van der Waals surface area contributed by atoms with Gasteiger partial charge in [-0.15, -0.1) is 0 Å². The number of likely N-dealkylation sites (tertiary alicyclic amines) is 1. The van der Waals surface area contributed by atoms with E-state index in [4.69, 9.17) is 0 Å². The molecule has 1 heterocycles. The molecule has 134 valence electrons. The van der Waals surface area contributed by atoms with Gasteiger partial charge in [0.25, 0.3) is 0 Å². The van der Waals surface area contributed by atoms with Gasteiger partial charge in [0.2, 0.25) is 5.91 Å². The van der Waals surface area contributed by atoms with Crippen LogP contribution in [0.1, 0.15) is 51.9 Å². The molecule has 0 bridgehead atoms. The normalized spacial score (nSPS) is 23.0. The Labute approximate surface area is 141 Å². The summed E-state index contributed by atoms with van der Waals surface area (Å²) in [7, 11) is -2.89. The molecular weight excluding hydrogens is 312 g/mol. The van der Waals surface area contributed by atoms with E-state index in [-0.39, 0.29) is 23.6 Å². The maximum atomic E-state index is 12.3. The number of nitrogens with one attached hydrogen (secondary N) is 1. The zero-order valence-electron chi connectivity index (χ0n) is 14.6. The molecule has 1 saturated heterocycles. The molecular formula is C17H32N2O3S. The second-order valence-corrected chi connectivity index (χ2v) is 9.80. The summed E-state index contributed by atoms with van der Waals surface area (Å²) in [6, 6.07) is 0.253. The molecule has 1 amide bonds. The highest BCUT2D eigenvalue weighted by molar-refractivity contribution is 7.90. The fraction of sp³-hybridized carbons (Fsp3) is 0.941. The lowest BCUT2D eigenvalue weighted by Gasteiger charge is -2.32. The first-order chi connectivity index (χ1) is 10.8. The minimum Gasteiger partial charge on any atom is -0.353 e. The van der Waals surface area contributed by atoms with Gasteiger partial charge < -0.3 is 10.2 Å². The Hall–Kier alpha value is -0.620. The van der Waals surface area contributed by atoms with E-state index in [1.807, 2.05) is 0 Å². The van der Waals surface area contributed by atoms with Gasteiger partial charge in [-0.25, -0.2) is 8.42 Å².